The smallest absolute Gasteiger partial charge is 0.337 e. The molecule has 1 aromatic heterocycles. The molecular weight excluding hydrogens is 432 g/mol. The number of hydrogen-bond donors (Lipinski definition) is 1. The Bertz CT molecular complexity index is 1110. The highest BCUT2D eigenvalue weighted by Gasteiger charge is 2.50. The number of aryl methyl sites for hydroxylation is 1. The number of nitrogens with zero attached hydrogens (tertiary/aromatic N) is 4. The van der Waals surface area contributed by atoms with Crippen LogP contribution in [0.5, 0.6) is 0 Å². The first kappa shape index (κ1) is 23.0. The van der Waals surface area contributed by atoms with Crippen LogP contribution in [0.1, 0.15) is 73.4 Å². The molecule has 8 nitrogen and oxygen atoms in total. The van der Waals surface area contributed by atoms with Crippen LogP contribution in [0.25, 0.3) is 0 Å². The third-order valence-corrected chi connectivity index (χ3v) is 8.50. The molecule has 2 aliphatic carbocycles. The summed E-state index contributed by atoms with van der Waals surface area (Å²) in [5.74, 6) is 1.28. The van der Waals surface area contributed by atoms with Crippen molar-refractivity contribution in [3.05, 3.63) is 40.7 Å². The summed E-state index contributed by atoms with van der Waals surface area (Å²) in [6.45, 7) is 6.14. The minimum Gasteiger partial charge on any atom is -0.465 e. The maximum atomic E-state index is 12.7. The number of benzene rings is 1. The van der Waals surface area contributed by atoms with E-state index in [2.05, 4.69) is 28.8 Å². The predicted molar refractivity (Wildman–Crippen MR) is 127 cm³/mol. The number of rotatable bonds is 4. The fraction of sp³-hybridized carbons (Fsp3) is 0.615. The summed E-state index contributed by atoms with van der Waals surface area (Å²) < 4.78 is 7.05. The van der Waals surface area contributed by atoms with Crippen LogP contribution in [0.4, 0.5) is 5.69 Å². The van der Waals surface area contributed by atoms with Crippen LogP contribution in [0, 0.1) is 23.7 Å². The summed E-state index contributed by atoms with van der Waals surface area (Å²) in [4.78, 5) is 27.0. The van der Waals surface area contributed by atoms with Crippen molar-refractivity contribution in [2.24, 2.45) is 23.7 Å². The topological polar surface area (TPSA) is 97.5 Å². The van der Waals surface area contributed by atoms with E-state index in [0.29, 0.717) is 23.3 Å². The van der Waals surface area contributed by atoms with E-state index in [1.807, 2.05) is 17.0 Å². The first-order chi connectivity index (χ1) is 16.4. The highest BCUT2D eigenvalue weighted by Crippen LogP contribution is 2.53. The van der Waals surface area contributed by atoms with E-state index >= 15 is 0 Å². The van der Waals surface area contributed by atoms with Gasteiger partial charge in [-0.2, -0.15) is 0 Å². The molecule has 3 aliphatic rings. The summed E-state index contributed by atoms with van der Waals surface area (Å²) in [6, 6.07) is 5.33. The highest BCUT2D eigenvalue weighted by molar-refractivity contribution is 5.96. The number of amides is 1. The van der Waals surface area contributed by atoms with Gasteiger partial charge in [-0.15, -0.1) is 5.10 Å². The minimum atomic E-state index is -0.398. The Morgan fingerprint density at radius 1 is 1.21 bits per heavy atom. The molecule has 1 amide bonds. The van der Waals surface area contributed by atoms with Crippen molar-refractivity contribution < 1.29 is 19.4 Å². The van der Waals surface area contributed by atoms with Gasteiger partial charge in [0.15, 0.2) is 0 Å². The molecule has 2 heterocycles. The van der Waals surface area contributed by atoms with Gasteiger partial charge in [-0.1, -0.05) is 19.1 Å². The Morgan fingerprint density at radius 3 is 2.59 bits per heavy atom. The van der Waals surface area contributed by atoms with Gasteiger partial charge in [0.1, 0.15) is 0 Å². The Morgan fingerprint density at radius 2 is 1.94 bits per heavy atom. The van der Waals surface area contributed by atoms with E-state index < -0.39 is 5.97 Å². The predicted octanol–water partition coefficient (Wildman–Crippen LogP) is 3.17. The molecular formula is C26H34N4O4. The van der Waals surface area contributed by atoms with Crippen LogP contribution in [0.3, 0.4) is 0 Å². The number of carbonyl (C=O) groups is 2. The van der Waals surface area contributed by atoms with Gasteiger partial charge in [-0.05, 0) is 68.1 Å². The van der Waals surface area contributed by atoms with Crippen molar-refractivity contribution in [2.45, 2.75) is 65.0 Å². The van der Waals surface area contributed by atoms with Gasteiger partial charge in [0.2, 0.25) is 5.91 Å². The fourth-order valence-corrected chi connectivity index (χ4v) is 6.76. The standard InChI is InChI=1S/C26H34N4O4/c1-5-22-14(2)25(19-12-16(26(33)34-4)6-10-23(19)29(22)15(3)32)30-24-11-8-18-17(20(18)13-31)7-9-21(24)27-28-30/h6,10,12,14,17-18,20,22,25,31H,5,7-9,11,13H2,1-4H3/t14-,17?,18?,20?,22+,25?/m1/s1. The lowest BCUT2D eigenvalue weighted by Gasteiger charge is -2.45. The molecule has 8 heteroatoms. The molecule has 1 saturated carbocycles. The van der Waals surface area contributed by atoms with E-state index in [1.54, 1.807) is 13.0 Å². The van der Waals surface area contributed by atoms with Crippen molar-refractivity contribution in [3.63, 3.8) is 0 Å². The molecule has 2 aromatic rings. The van der Waals surface area contributed by atoms with Crippen LogP contribution in [-0.2, 0) is 22.4 Å². The van der Waals surface area contributed by atoms with Gasteiger partial charge in [0, 0.05) is 36.7 Å². The minimum absolute atomic E-state index is 0.00653. The summed E-state index contributed by atoms with van der Waals surface area (Å²) in [5, 5.41) is 19.0. The van der Waals surface area contributed by atoms with Gasteiger partial charge in [-0.3, -0.25) is 4.79 Å². The van der Waals surface area contributed by atoms with Gasteiger partial charge in [-0.25, -0.2) is 9.48 Å². The number of carbonyl (C=O) groups excluding carboxylic acids is 2. The molecule has 1 N–H and O–H groups in total. The molecule has 34 heavy (non-hydrogen) atoms. The number of fused-ring (bicyclic) bond motifs is 3. The van der Waals surface area contributed by atoms with Crippen molar-refractivity contribution >= 4 is 17.6 Å². The van der Waals surface area contributed by atoms with E-state index in [4.69, 9.17) is 4.74 Å². The van der Waals surface area contributed by atoms with E-state index in [-0.39, 0.29) is 30.5 Å². The zero-order valence-electron chi connectivity index (χ0n) is 20.4. The largest absolute Gasteiger partial charge is 0.465 e. The second-order valence-electron chi connectivity index (χ2n) is 10.1. The number of aliphatic hydroxyl groups is 1. The number of ether oxygens (including phenoxy) is 1. The number of methoxy groups -OCH3 is 1. The zero-order chi connectivity index (χ0) is 24.1. The Hall–Kier alpha value is -2.74. The molecule has 6 atom stereocenters. The molecule has 1 fully saturated rings. The quantitative estimate of drug-likeness (QED) is 0.695. The van der Waals surface area contributed by atoms with Gasteiger partial charge in [0.05, 0.1) is 30.1 Å². The Kier molecular flexibility index (Phi) is 5.96. The van der Waals surface area contributed by atoms with E-state index in [0.717, 1.165) is 54.7 Å². The SMILES string of the molecule is CC[C@H]1[C@@H](C)C(n2nnc3c2CCC2C(CO)C2CC3)c2cc(C(=O)OC)ccc2N1C(C)=O. The normalized spacial score (nSPS) is 29.9. The second-order valence-corrected chi connectivity index (χ2v) is 10.1. The third kappa shape index (κ3) is 3.54. The molecule has 1 aliphatic heterocycles. The molecule has 182 valence electrons. The number of hydrogen-bond acceptors (Lipinski definition) is 6. The average molecular weight is 467 g/mol. The van der Waals surface area contributed by atoms with Crippen LogP contribution in [0.2, 0.25) is 0 Å². The van der Waals surface area contributed by atoms with Crippen molar-refractivity contribution in [3.8, 4) is 0 Å². The molecule has 4 unspecified atom stereocenters. The number of aromatic nitrogens is 3. The maximum Gasteiger partial charge on any atom is 0.337 e. The lowest BCUT2D eigenvalue weighted by molar-refractivity contribution is -0.117. The Labute approximate surface area is 200 Å². The second kappa shape index (κ2) is 8.80. The zero-order valence-corrected chi connectivity index (χ0v) is 20.4. The number of esters is 1. The van der Waals surface area contributed by atoms with Crippen LogP contribution >= 0.6 is 0 Å². The van der Waals surface area contributed by atoms with E-state index in [9.17, 15) is 14.7 Å². The first-order valence-electron chi connectivity index (χ1n) is 12.5. The van der Waals surface area contributed by atoms with Crippen LogP contribution in [-0.4, -0.2) is 51.7 Å². The molecule has 0 bridgehead atoms. The van der Waals surface area contributed by atoms with Crippen LogP contribution < -0.4 is 4.90 Å². The molecule has 0 spiro atoms. The van der Waals surface area contributed by atoms with Crippen molar-refractivity contribution in [1.82, 2.24) is 15.0 Å². The van der Waals surface area contributed by atoms with Gasteiger partial charge < -0.3 is 14.7 Å². The molecule has 0 radical (unpaired) electrons. The maximum absolute atomic E-state index is 12.7. The fourth-order valence-electron chi connectivity index (χ4n) is 6.76. The molecule has 0 saturated heterocycles. The van der Waals surface area contributed by atoms with Crippen molar-refractivity contribution in [2.75, 3.05) is 18.6 Å². The van der Waals surface area contributed by atoms with Crippen molar-refractivity contribution in [1.29, 1.82) is 0 Å². The van der Waals surface area contributed by atoms with E-state index in [1.165, 1.54) is 7.11 Å². The number of anilines is 1. The first-order valence-corrected chi connectivity index (χ1v) is 12.5. The summed E-state index contributed by atoms with van der Waals surface area (Å²) >= 11 is 0. The Balaban J connectivity index is 1.61. The highest BCUT2D eigenvalue weighted by atomic mass is 16.5. The van der Waals surface area contributed by atoms with Gasteiger partial charge in [0.25, 0.3) is 0 Å². The average Bonchev–Trinajstić information content (AvgIpc) is 3.35. The summed E-state index contributed by atoms with van der Waals surface area (Å²) in [6.07, 6.45) is 4.64. The van der Waals surface area contributed by atoms with Crippen LogP contribution in [0.15, 0.2) is 18.2 Å². The monoisotopic (exact) mass is 466 g/mol. The molecule has 5 rings (SSSR count). The lowest BCUT2D eigenvalue weighted by Crippen LogP contribution is -2.50. The van der Waals surface area contributed by atoms with Gasteiger partial charge >= 0.3 is 5.97 Å². The lowest BCUT2D eigenvalue weighted by atomic mass is 9.80. The summed E-state index contributed by atoms with van der Waals surface area (Å²) in [5.41, 5.74) is 4.39. The summed E-state index contributed by atoms with van der Waals surface area (Å²) in [7, 11) is 1.38. The number of aliphatic hydroxyl groups excluding tert-OH is 1. The molecule has 1 aromatic carbocycles. The third-order valence-electron chi connectivity index (χ3n) is 8.50.